The van der Waals surface area contributed by atoms with E-state index in [2.05, 4.69) is 64.7 Å². The van der Waals surface area contributed by atoms with Gasteiger partial charge in [-0.15, -0.1) is 4.98 Å². The van der Waals surface area contributed by atoms with E-state index in [1.807, 2.05) is 6.07 Å². The maximum atomic E-state index is 12.9. The summed E-state index contributed by atoms with van der Waals surface area (Å²) in [6.45, 7) is 16.7. The van der Waals surface area contributed by atoms with Crippen molar-refractivity contribution in [3.63, 3.8) is 0 Å². The Morgan fingerprint density at radius 1 is 1.14 bits per heavy atom. The average molecular weight is 500 g/mol. The van der Waals surface area contributed by atoms with Crippen LogP contribution in [0.3, 0.4) is 0 Å². The summed E-state index contributed by atoms with van der Waals surface area (Å²) in [4.78, 5) is 26.0. The fourth-order valence-electron chi connectivity index (χ4n) is 5.67. The topological polar surface area (TPSA) is 55.0 Å². The lowest BCUT2D eigenvalue weighted by Crippen LogP contribution is -2.58. The Hall–Kier alpha value is -3.37. The molecule has 0 N–H and O–H groups in total. The molecular weight excluding hydrogens is 462 g/mol. The van der Waals surface area contributed by atoms with Gasteiger partial charge in [0.1, 0.15) is 5.75 Å². The molecule has 194 valence electrons. The van der Waals surface area contributed by atoms with E-state index in [1.165, 1.54) is 18.4 Å². The summed E-state index contributed by atoms with van der Waals surface area (Å²) < 4.78 is 7.58. The van der Waals surface area contributed by atoms with Gasteiger partial charge < -0.3 is 19.0 Å². The lowest BCUT2D eigenvalue weighted by molar-refractivity contribution is 0.0943. The Balaban J connectivity index is 1.42. The summed E-state index contributed by atoms with van der Waals surface area (Å²) in [5.41, 5.74) is 3.58. The van der Waals surface area contributed by atoms with Crippen molar-refractivity contribution in [1.82, 2.24) is 14.5 Å². The maximum absolute atomic E-state index is 12.9. The number of hydrogen-bond acceptors (Lipinski definition) is 5. The smallest absolute Gasteiger partial charge is 0.270 e. The first-order chi connectivity index (χ1) is 17.9. The number of nitrogens with zero attached hydrogens (tertiary/aromatic N) is 5. The SMILES string of the molecule is [C-]#[N+]c1ccc2c(n1)c(N1C[C@@H](CC)N(C(CC)c3ccc(OCC4CC4)cc3)C[C@@H]1C)cc(=O)n2C. The van der Waals surface area contributed by atoms with Gasteiger partial charge in [0.25, 0.3) is 11.4 Å². The van der Waals surface area contributed by atoms with E-state index < -0.39 is 0 Å². The van der Waals surface area contributed by atoms with Crippen LogP contribution in [0, 0.1) is 12.5 Å². The van der Waals surface area contributed by atoms with Crippen LogP contribution in [0.5, 0.6) is 5.75 Å². The van der Waals surface area contributed by atoms with Crippen molar-refractivity contribution >= 4 is 22.5 Å². The average Bonchev–Trinajstić information content (AvgIpc) is 3.75. The second-order valence-corrected chi connectivity index (χ2v) is 10.6. The van der Waals surface area contributed by atoms with E-state index >= 15 is 0 Å². The highest BCUT2D eigenvalue weighted by molar-refractivity contribution is 5.89. The molecular formula is C30H37N5O2. The van der Waals surface area contributed by atoms with Crippen molar-refractivity contribution in [3.8, 4) is 5.75 Å². The van der Waals surface area contributed by atoms with Crippen LogP contribution in [0.4, 0.5) is 11.5 Å². The number of anilines is 1. The number of fused-ring (bicyclic) bond motifs is 1. The Kier molecular flexibility index (Phi) is 7.21. The summed E-state index contributed by atoms with van der Waals surface area (Å²) in [7, 11) is 1.76. The van der Waals surface area contributed by atoms with Crippen molar-refractivity contribution in [2.24, 2.45) is 13.0 Å². The molecule has 3 heterocycles. The molecule has 7 nitrogen and oxygen atoms in total. The summed E-state index contributed by atoms with van der Waals surface area (Å²) in [6, 6.07) is 14.7. The van der Waals surface area contributed by atoms with Crippen LogP contribution < -0.4 is 15.2 Å². The molecule has 1 saturated carbocycles. The standard InChI is InChI=1S/C30H37N5O2/c1-6-23-18-34(27-16-29(36)33(5)26-14-15-28(31-4)32-30(26)27)20(3)17-35(23)25(7-2)22-10-12-24(13-11-22)37-19-21-8-9-21/h10-16,20-21,23,25H,6-9,17-19H2,1-3,5H3/t20-,23+,25?/m0/s1. The van der Waals surface area contributed by atoms with Gasteiger partial charge in [0.2, 0.25) is 5.52 Å². The van der Waals surface area contributed by atoms with Gasteiger partial charge in [-0.2, -0.15) is 0 Å². The van der Waals surface area contributed by atoms with Crippen LogP contribution in [-0.2, 0) is 7.05 Å². The van der Waals surface area contributed by atoms with Crippen LogP contribution in [0.2, 0.25) is 0 Å². The minimum atomic E-state index is -0.0574. The molecule has 2 fully saturated rings. The Labute approximate surface area is 219 Å². The van der Waals surface area contributed by atoms with Crippen molar-refractivity contribution in [2.75, 3.05) is 24.6 Å². The largest absolute Gasteiger partial charge is 0.493 e. The van der Waals surface area contributed by atoms with Crippen LogP contribution in [0.15, 0.2) is 47.3 Å². The van der Waals surface area contributed by atoms with Gasteiger partial charge in [-0.05, 0) is 68.4 Å². The van der Waals surface area contributed by atoms with Crippen molar-refractivity contribution in [1.29, 1.82) is 0 Å². The van der Waals surface area contributed by atoms with E-state index in [0.717, 1.165) is 60.9 Å². The van der Waals surface area contributed by atoms with Crippen LogP contribution >= 0.6 is 0 Å². The molecule has 2 aliphatic rings. The third-order valence-electron chi connectivity index (χ3n) is 8.07. The van der Waals surface area contributed by atoms with Gasteiger partial charge >= 0.3 is 0 Å². The summed E-state index contributed by atoms with van der Waals surface area (Å²) in [5, 5.41) is 0. The molecule has 0 bridgehead atoms. The van der Waals surface area contributed by atoms with E-state index in [4.69, 9.17) is 11.3 Å². The van der Waals surface area contributed by atoms with E-state index in [-0.39, 0.29) is 11.6 Å². The summed E-state index contributed by atoms with van der Waals surface area (Å²) in [6.07, 6.45) is 4.62. The zero-order valence-corrected chi connectivity index (χ0v) is 22.4. The third-order valence-corrected chi connectivity index (χ3v) is 8.07. The molecule has 1 aliphatic carbocycles. The van der Waals surface area contributed by atoms with Gasteiger partial charge in [0.05, 0.1) is 17.8 Å². The number of benzene rings is 1. The molecule has 0 amide bonds. The number of piperazine rings is 1. The molecule has 0 radical (unpaired) electrons. The summed E-state index contributed by atoms with van der Waals surface area (Å²) >= 11 is 0. The molecule has 5 rings (SSSR count). The molecule has 1 unspecified atom stereocenters. The normalized spacial score (nSPS) is 21.1. The number of pyridine rings is 2. The highest BCUT2D eigenvalue weighted by Gasteiger charge is 2.36. The van der Waals surface area contributed by atoms with Gasteiger partial charge in [-0.1, -0.05) is 32.6 Å². The lowest BCUT2D eigenvalue weighted by Gasteiger charge is -2.49. The van der Waals surface area contributed by atoms with Crippen molar-refractivity contribution in [3.05, 3.63) is 69.8 Å². The number of ether oxygens (including phenoxy) is 1. The first-order valence-corrected chi connectivity index (χ1v) is 13.6. The van der Waals surface area contributed by atoms with Crippen molar-refractivity contribution < 1.29 is 4.74 Å². The molecule has 1 saturated heterocycles. The predicted molar refractivity (Wildman–Crippen MR) is 149 cm³/mol. The number of hydrogen-bond donors (Lipinski definition) is 0. The zero-order valence-electron chi connectivity index (χ0n) is 22.4. The molecule has 3 aromatic rings. The minimum absolute atomic E-state index is 0.0574. The van der Waals surface area contributed by atoms with Crippen LogP contribution in [-0.4, -0.2) is 46.2 Å². The summed E-state index contributed by atoms with van der Waals surface area (Å²) in [5.74, 6) is 2.05. The monoisotopic (exact) mass is 499 g/mol. The quantitative estimate of drug-likeness (QED) is 0.372. The fraction of sp³-hybridized carbons (Fsp3) is 0.500. The van der Waals surface area contributed by atoms with Gasteiger partial charge in [0, 0.05) is 44.3 Å². The second kappa shape index (κ2) is 10.5. The second-order valence-electron chi connectivity index (χ2n) is 10.6. The first kappa shape index (κ1) is 25.3. The first-order valence-electron chi connectivity index (χ1n) is 13.6. The molecule has 0 spiro atoms. The third kappa shape index (κ3) is 5.08. The predicted octanol–water partition coefficient (Wildman–Crippen LogP) is 5.71. The van der Waals surface area contributed by atoms with Crippen LogP contribution in [0.1, 0.15) is 58.1 Å². The number of aromatic nitrogens is 2. The zero-order chi connectivity index (χ0) is 26.1. The molecule has 37 heavy (non-hydrogen) atoms. The highest BCUT2D eigenvalue weighted by Crippen LogP contribution is 2.36. The lowest BCUT2D eigenvalue weighted by atomic mass is 9.95. The molecule has 1 aliphatic heterocycles. The van der Waals surface area contributed by atoms with Gasteiger partial charge in [-0.25, -0.2) is 0 Å². The molecule has 3 atom stereocenters. The molecule has 7 heteroatoms. The van der Waals surface area contributed by atoms with E-state index in [9.17, 15) is 4.79 Å². The van der Waals surface area contributed by atoms with Crippen molar-refractivity contribution in [2.45, 2.75) is 64.6 Å². The Morgan fingerprint density at radius 2 is 1.89 bits per heavy atom. The number of aryl methyl sites for hydroxylation is 1. The van der Waals surface area contributed by atoms with Crippen LogP contribution in [0.25, 0.3) is 15.9 Å². The fourth-order valence-corrected chi connectivity index (χ4v) is 5.67. The highest BCUT2D eigenvalue weighted by atomic mass is 16.5. The number of rotatable bonds is 8. The molecule has 2 aromatic heterocycles. The molecule has 1 aromatic carbocycles. The Morgan fingerprint density at radius 3 is 2.54 bits per heavy atom. The Bertz CT molecular complexity index is 1360. The van der Waals surface area contributed by atoms with Gasteiger partial charge in [-0.3, -0.25) is 9.69 Å². The minimum Gasteiger partial charge on any atom is -0.493 e. The maximum Gasteiger partial charge on any atom is 0.270 e. The van der Waals surface area contributed by atoms with E-state index in [0.29, 0.717) is 17.9 Å². The van der Waals surface area contributed by atoms with Gasteiger partial charge in [0.15, 0.2) is 0 Å². The van der Waals surface area contributed by atoms with E-state index in [1.54, 1.807) is 23.7 Å².